The van der Waals surface area contributed by atoms with Crippen LogP contribution in [0.1, 0.15) is 28.3 Å². The third-order valence-electron chi connectivity index (χ3n) is 5.52. The Morgan fingerprint density at radius 2 is 2.14 bits per heavy atom. The zero-order valence-corrected chi connectivity index (χ0v) is 17.5. The molecule has 5 rings (SSSR count). The van der Waals surface area contributed by atoms with Crippen LogP contribution in [0.15, 0.2) is 18.2 Å². The predicted molar refractivity (Wildman–Crippen MR) is 113 cm³/mol. The van der Waals surface area contributed by atoms with Crippen LogP contribution in [-0.2, 0) is 19.4 Å². The summed E-state index contributed by atoms with van der Waals surface area (Å²) in [4.78, 5) is 17.9. The Hall–Kier alpha value is -2.78. The summed E-state index contributed by atoms with van der Waals surface area (Å²) in [6.07, 6.45) is 1.80. The van der Waals surface area contributed by atoms with Gasteiger partial charge in [-0.05, 0) is 32.4 Å². The van der Waals surface area contributed by atoms with Crippen molar-refractivity contribution in [1.82, 2.24) is 29.5 Å². The van der Waals surface area contributed by atoms with E-state index in [9.17, 15) is 0 Å². The maximum atomic E-state index is 6.16. The molecule has 1 atom stereocenters. The molecule has 2 N–H and O–H groups in total. The number of nitrogen functional groups attached to an aromatic ring is 1. The number of methoxy groups -OCH3 is 1. The molecule has 1 unspecified atom stereocenters. The fourth-order valence-corrected chi connectivity index (χ4v) is 4.97. The first-order valence-corrected chi connectivity index (χ1v) is 10.5. The molecule has 0 fully saturated rings. The van der Waals surface area contributed by atoms with Crippen molar-refractivity contribution in [3.8, 4) is 5.75 Å². The average Bonchev–Trinajstić information content (AvgIpc) is 3.30. The molecule has 150 valence electrons. The number of aromatic nitrogens is 5. The molecule has 8 nitrogen and oxygen atoms in total. The Morgan fingerprint density at radius 3 is 2.97 bits per heavy atom. The summed E-state index contributed by atoms with van der Waals surface area (Å²) in [5, 5.41) is 6.67. The molecule has 4 aromatic rings. The largest absolute Gasteiger partial charge is 0.494 e. The minimum atomic E-state index is 0.303. The van der Waals surface area contributed by atoms with Gasteiger partial charge in [0.2, 0.25) is 5.95 Å². The molecule has 1 aliphatic heterocycles. The van der Waals surface area contributed by atoms with Crippen LogP contribution in [-0.4, -0.2) is 49.2 Å². The van der Waals surface area contributed by atoms with Crippen molar-refractivity contribution in [1.29, 1.82) is 0 Å². The number of rotatable bonds is 4. The highest BCUT2D eigenvalue weighted by atomic mass is 32.1. The standard InChI is InChI=1S/C20H23N7OS/c1-11(26-8-7-16-14(10-26)22-12(2)29-16)9-17-23-19-13-5-4-6-15(28-3)18(13)24-20(21)27(19)25-17/h4-6,11H,7-10H2,1-3H3,(H2,21,24). The lowest BCUT2D eigenvalue weighted by Crippen LogP contribution is -2.38. The molecule has 0 saturated heterocycles. The first-order chi connectivity index (χ1) is 14.0. The van der Waals surface area contributed by atoms with E-state index in [0.717, 1.165) is 42.1 Å². The quantitative estimate of drug-likeness (QED) is 0.554. The van der Waals surface area contributed by atoms with E-state index in [2.05, 4.69) is 28.8 Å². The Bertz CT molecular complexity index is 1210. The topological polar surface area (TPSA) is 94.5 Å². The number of aryl methyl sites for hydroxylation is 1. The van der Waals surface area contributed by atoms with Crippen LogP contribution in [0.5, 0.6) is 5.75 Å². The van der Waals surface area contributed by atoms with Gasteiger partial charge in [0.05, 0.1) is 17.8 Å². The fourth-order valence-electron chi connectivity index (χ4n) is 4.04. The summed E-state index contributed by atoms with van der Waals surface area (Å²) in [5.41, 5.74) is 8.80. The Morgan fingerprint density at radius 1 is 1.28 bits per heavy atom. The molecule has 4 heterocycles. The first-order valence-electron chi connectivity index (χ1n) is 9.70. The van der Waals surface area contributed by atoms with Crippen molar-refractivity contribution in [2.75, 3.05) is 19.4 Å². The minimum absolute atomic E-state index is 0.303. The molecule has 0 spiro atoms. The molecule has 0 amide bonds. The number of fused-ring (bicyclic) bond motifs is 4. The highest BCUT2D eigenvalue weighted by Crippen LogP contribution is 2.28. The number of hydrogen-bond acceptors (Lipinski definition) is 8. The van der Waals surface area contributed by atoms with Crippen molar-refractivity contribution >= 4 is 33.8 Å². The first kappa shape index (κ1) is 18.3. The van der Waals surface area contributed by atoms with Crippen molar-refractivity contribution < 1.29 is 4.74 Å². The average molecular weight is 410 g/mol. The smallest absolute Gasteiger partial charge is 0.223 e. The summed E-state index contributed by atoms with van der Waals surface area (Å²) >= 11 is 1.82. The maximum Gasteiger partial charge on any atom is 0.223 e. The fraction of sp³-hybridized carbons (Fsp3) is 0.400. The highest BCUT2D eigenvalue weighted by molar-refractivity contribution is 7.11. The van der Waals surface area contributed by atoms with Gasteiger partial charge in [0.15, 0.2) is 11.5 Å². The Kier molecular flexibility index (Phi) is 4.36. The lowest BCUT2D eigenvalue weighted by atomic mass is 10.1. The van der Waals surface area contributed by atoms with E-state index in [1.54, 1.807) is 11.6 Å². The molecule has 1 aliphatic rings. The number of nitrogens with zero attached hydrogens (tertiary/aromatic N) is 6. The number of anilines is 1. The van der Waals surface area contributed by atoms with Crippen LogP contribution in [0.3, 0.4) is 0 Å². The van der Waals surface area contributed by atoms with E-state index in [1.165, 1.54) is 10.6 Å². The van der Waals surface area contributed by atoms with Gasteiger partial charge in [0.25, 0.3) is 0 Å². The third-order valence-corrected chi connectivity index (χ3v) is 6.59. The lowest BCUT2D eigenvalue weighted by Gasteiger charge is -2.31. The summed E-state index contributed by atoms with van der Waals surface area (Å²) in [5.74, 6) is 1.75. The molecule has 0 saturated carbocycles. The molecule has 1 aromatic carbocycles. The summed E-state index contributed by atoms with van der Waals surface area (Å²) in [6.45, 7) is 6.22. The van der Waals surface area contributed by atoms with E-state index in [-0.39, 0.29) is 0 Å². The van der Waals surface area contributed by atoms with Gasteiger partial charge < -0.3 is 10.5 Å². The minimum Gasteiger partial charge on any atom is -0.494 e. The van der Waals surface area contributed by atoms with Crippen LogP contribution in [0.25, 0.3) is 16.6 Å². The monoisotopic (exact) mass is 409 g/mol. The molecule has 29 heavy (non-hydrogen) atoms. The van der Waals surface area contributed by atoms with E-state index in [4.69, 9.17) is 20.4 Å². The summed E-state index contributed by atoms with van der Waals surface area (Å²) in [6, 6.07) is 6.07. The number of nitrogens with two attached hydrogens (primary N) is 1. The van der Waals surface area contributed by atoms with Crippen LogP contribution in [0.4, 0.5) is 5.95 Å². The second kappa shape index (κ2) is 6.93. The van der Waals surface area contributed by atoms with Crippen molar-refractivity contribution in [2.24, 2.45) is 0 Å². The SMILES string of the molecule is COc1cccc2c1nc(N)n1nc(CC(C)N3CCc4sc(C)nc4C3)nc21. The van der Waals surface area contributed by atoms with Gasteiger partial charge in [-0.2, -0.15) is 4.52 Å². The van der Waals surface area contributed by atoms with Crippen LogP contribution >= 0.6 is 11.3 Å². The maximum absolute atomic E-state index is 6.16. The molecule has 0 aliphatic carbocycles. The van der Waals surface area contributed by atoms with Gasteiger partial charge in [-0.3, -0.25) is 4.90 Å². The van der Waals surface area contributed by atoms with Gasteiger partial charge in [0, 0.05) is 35.8 Å². The van der Waals surface area contributed by atoms with Gasteiger partial charge in [-0.1, -0.05) is 6.07 Å². The van der Waals surface area contributed by atoms with E-state index in [0.29, 0.717) is 28.9 Å². The van der Waals surface area contributed by atoms with Gasteiger partial charge in [0.1, 0.15) is 11.3 Å². The van der Waals surface area contributed by atoms with E-state index >= 15 is 0 Å². The van der Waals surface area contributed by atoms with Gasteiger partial charge >= 0.3 is 0 Å². The van der Waals surface area contributed by atoms with Crippen molar-refractivity contribution in [3.05, 3.63) is 39.6 Å². The second-order valence-corrected chi connectivity index (χ2v) is 8.75. The van der Waals surface area contributed by atoms with Crippen LogP contribution in [0, 0.1) is 6.92 Å². The number of ether oxygens (including phenoxy) is 1. The highest BCUT2D eigenvalue weighted by Gasteiger charge is 2.25. The van der Waals surface area contributed by atoms with Crippen LogP contribution < -0.4 is 10.5 Å². The van der Waals surface area contributed by atoms with Gasteiger partial charge in [-0.25, -0.2) is 15.0 Å². The summed E-state index contributed by atoms with van der Waals surface area (Å²) < 4.78 is 7.05. The lowest BCUT2D eigenvalue weighted by molar-refractivity contribution is 0.186. The number of thiazole rings is 1. The molecule has 3 aromatic heterocycles. The summed E-state index contributed by atoms with van der Waals surface area (Å²) in [7, 11) is 1.63. The van der Waals surface area contributed by atoms with Crippen LogP contribution in [0.2, 0.25) is 0 Å². The second-order valence-electron chi connectivity index (χ2n) is 7.47. The van der Waals surface area contributed by atoms with Crippen molar-refractivity contribution in [2.45, 2.75) is 39.3 Å². The molecular weight excluding hydrogens is 386 g/mol. The Labute approximate surface area is 172 Å². The van der Waals surface area contributed by atoms with Gasteiger partial charge in [-0.15, -0.1) is 16.4 Å². The molecule has 0 bridgehead atoms. The van der Waals surface area contributed by atoms with E-state index < -0.39 is 0 Å². The Balaban J connectivity index is 1.45. The normalized spacial score (nSPS) is 15.7. The predicted octanol–water partition coefficient (Wildman–Crippen LogP) is 2.62. The zero-order chi connectivity index (χ0) is 20.1. The number of benzene rings is 1. The third kappa shape index (κ3) is 3.10. The molecular formula is C20H23N7OS. The zero-order valence-electron chi connectivity index (χ0n) is 16.7. The molecule has 0 radical (unpaired) electrons. The van der Waals surface area contributed by atoms with E-state index in [1.807, 2.05) is 29.5 Å². The molecule has 9 heteroatoms. The van der Waals surface area contributed by atoms with Crippen molar-refractivity contribution in [3.63, 3.8) is 0 Å². The number of para-hydroxylation sites is 1. The number of hydrogen-bond donors (Lipinski definition) is 1.